The topological polar surface area (TPSA) is 24.9 Å². The lowest BCUT2D eigenvalue weighted by Gasteiger charge is -2.27. The fourth-order valence-corrected chi connectivity index (χ4v) is 4.43. The molecule has 0 saturated carbocycles. The number of rotatable bonds is 12. The molecule has 0 fully saturated rings. The first-order valence-electron chi connectivity index (χ1n) is 13.0. The van der Waals surface area contributed by atoms with Gasteiger partial charge in [0.05, 0.1) is 0 Å². The summed E-state index contributed by atoms with van der Waals surface area (Å²) in [5.41, 5.74) is 7.40. The molecule has 0 amide bonds. The first kappa shape index (κ1) is 27.8. The van der Waals surface area contributed by atoms with E-state index >= 15 is 0 Å². The molecule has 0 aliphatic carbocycles. The van der Waals surface area contributed by atoms with Crippen molar-refractivity contribution in [2.45, 2.75) is 66.7 Å². The van der Waals surface area contributed by atoms with Crippen molar-refractivity contribution in [2.24, 2.45) is 0 Å². The van der Waals surface area contributed by atoms with Gasteiger partial charge in [0.1, 0.15) is 24.7 Å². The third-order valence-electron chi connectivity index (χ3n) is 7.12. The molecule has 3 aromatic carbocycles. The molecule has 0 aliphatic rings. The number of benzene rings is 3. The first-order valence-corrected chi connectivity index (χ1v) is 13.0. The minimum atomic E-state index is 0.303. The Morgan fingerprint density at radius 3 is 1.28 bits per heavy atom. The summed E-state index contributed by atoms with van der Waals surface area (Å²) in [7, 11) is 4.34. The summed E-state index contributed by atoms with van der Waals surface area (Å²) in [6.45, 7) is 16.0. The van der Waals surface area contributed by atoms with Gasteiger partial charge < -0.3 is 9.47 Å². The van der Waals surface area contributed by atoms with Crippen molar-refractivity contribution in [3.8, 4) is 11.5 Å². The van der Waals surface area contributed by atoms with Crippen LogP contribution in [-0.2, 0) is 13.1 Å². The highest BCUT2D eigenvalue weighted by molar-refractivity contribution is 5.40. The maximum atomic E-state index is 6.20. The van der Waals surface area contributed by atoms with Crippen molar-refractivity contribution < 1.29 is 9.47 Å². The van der Waals surface area contributed by atoms with Gasteiger partial charge in [0.25, 0.3) is 0 Å². The van der Waals surface area contributed by atoms with Crippen LogP contribution >= 0.6 is 0 Å². The number of likely N-dealkylation sites (N-methyl/N-ethyl adjacent to an activating group) is 2. The Labute approximate surface area is 218 Å². The van der Waals surface area contributed by atoms with E-state index in [2.05, 4.69) is 126 Å². The molecule has 0 heterocycles. The molecule has 0 N–H and O–H groups in total. The second-order valence-electron chi connectivity index (χ2n) is 10.4. The Hall–Kier alpha value is -2.82. The fraction of sp³-hybridized carbons (Fsp3) is 0.438. The molecular formula is C32H44N2O2. The molecule has 4 nitrogen and oxygen atoms in total. The molecule has 2 atom stereocenters. The van der Waals surface area contributed by atoms with Crippen LogP contribution < -0.4 is 9.47 Å². The maximum absolute atomic E-state index is 6.20. The second-order valence-corrected chi connectivity index (χ2v) is 10.4. The van der Waals surface area contributed by atoms with Gasteiger partial charge in [-0.2, -0.15) is 0 Å². The zero-order chi connectivity index (χ0) is 26.2. The van der Waals surface area contributed by atoms with Crippen LogP contribution in [0.4, 0.5) is 0 Å². The van der Waals surface area contributed by atoms with Crippen molar-refractivity contribution in [1.29, 1.82) is 0 Å². The van der Waals surface area contributed by atoms with E-state index in [0.29, 0.717) is 25.3 Å². The largest absolute Gasteiger partial charge is 0.491 e. The van der Waals surface area contributed by atoms with E-state index in [1.807, 2.05) is 0 Å². The molecule has 2 unspecified atom stereocenters. The molecular weight excluding hydrogens is 444 g/mol. The van der Waals surface area contributed by atoms with Crippen LogP contribution in [0.3, 0.4) is 0 Å². The zero-order valence-electron chi connectivity index (χ0n) is 23.5. The molecule has 36 heavy (non-hydrogen) atoms. The summed E-state index contributed by atoms with van der Waals surface area (Å²) >= 11 is 0. The van der Waals surface area contributed by atoms with Gasteiger partial charge in [0.15, 0.2) is 0 Å². The highest BCUT2D eigenvalue weighted by Gasteiger charge is 2.15. The van der Waals surface area contributed by atoms with E-state index in [-0.39, 0.29) is 0 Å². The Balaban J connectivity index is 1.52. The van der Waals surface area contributed by atoms with Gasteiger partial charge in [0, 0.05) is 25.2 Å². The Morgan fingerprint density at radius 2 is 0.917 bits per heavy atom. The quantitative estimate of drug-likeness (QED) is 0.283. The van der Waals surface area contributed by atoms with E-state index in [4.69, 9.17) is 9.47 Å². The van der Waals surface area contributed by atoms with Gasteiger partial charge in [-0.25, -0.2) is 0 Å². The minimum Gasteiger partial charge on any atom is -0.491 e. The van der Waals surface area contributed by atoms with Gasteiger partial charge in [-0.3, -0.25) is 9.80 Å². The number of para-hydroxylation sites is 2. The Bertz CT molecular complexity index is 1000. The molecule has 0 spiro atoms. The van der Waals surface area contributed by atoms with Crippen molar-refractivity contribution in [2.75, 3.05) is 27.3 Å². The number of hydrogen-bond acceptors (Lipinski definition) is 4. The number of ether oxygens (including phenoxy) is 2. The smallest absolute Gasteiger partial charge is 0.125 e. The third-order valence-corrected chi connectivity index (χ3v) is 7.12. The van der Waals surface area contributed by atoms with E-state index in [1.165, 1.54) is 33.4 Å². The number of nitrogens with zero attached hydrogens (tertiary/aromatic N) is 2. The average molecular weight is 489 g/mol. The molecule has 0 saturated heterocycles. The van der Waals surface area contributed by atoms with E-state index < -0.39 is 0 Å². The summed E-state index contributed by atoms with van der Waals surface area (Å²) in [6.07, 6.45) is 0. The summed E-state index contributed by atoms with van der Waals surface area (Å²) in [5, 5.41) is 0. The van der Waals surface area contributed by atoms with E-state index in [1.54, 1.807) is 0 Å². The van der Waals surface area contributed by atoms with Crippen molar-refractivity contribution in [3.05, 3.63) is 94.0 Å². The lowest BCUT2D eigenvalue weighted by atomic mass is 10.1. The molecule has 3 aromatic rings. The predicted octanol–water partition coefficient (Wildman–Crippen LogP) is 6.72. The fourth-order valence-electron chi connectivity index (χ4n) is 4.43. The second kappa shape index (κ2) is 12.9. The van der Waals surface area contributed by atoms with Crippen LogP contribution in [-0.4, -0.2) is 49.2 Å². The summed E-state index contributed by atoms with van der Waals surface area (Å²) < 4.78 is 12.4. The predicted molar refractivity (Wildman–Crippen MR) is 151 cm³/mol. The van der Waals surface area contributed by atoms with Gasteiger partial charge >= 0.3 is 0 Å². The Kier molecular flexibility index (Phi) is 9.98. The molecule has 0 aliphatic heterocycles. The van der Waals surface area contributed by atoms with Crippen LogP contribution in [0.1, 0.15) is 47.2 Å². The zero-order valence-corrected chi connectivity index (χ0v) is 23.5. The standard InChI is InChI=1S/C32H44N2O2/c1-23-12-9-13-24(2)31(23)35-21-27(5)33(7)19-29-16-11-17-30(18-29)20-34(8)28(6)22-36-32-25(3)14-10-15-26(32)4/h9-18,27-28H,19-22H2,1-8H3. The Morgan fingerprint density at radius 1 is 0.583 bits per heavy atom. The van der Waals surface area contributed by atoms with Gasteiger partial charge in [-0.1, -0.05) is 60.7 Å². The normalized spacial score (nSPS) is 13.2. The van der Waals surface area contributed by atoms with Crippen molar-refractivity contribution in [1.82, 2.24) is 9.80 Å². The SMILES string of the molecule is Cc1cccc(C)c1OCC(C)N(C)Cc1cccc(CN(C)C(C)COc2c(C)cccc2C)c1. The minimum absolute atomic E-state index is 0.303. The molecule has 4 heteroatoms. The third kappa shape index (κ3) is 7.59. The summed E-state index contributed by atoms with van der Waals surface area (Å²) in [4.78, 5) is 4.72. The summed E-state index contributed by atoms with van der Waals surface area (Å²) in [6, 6.07) is 22.1. The summed E-state index contributed by atoms with van der Waals surface area (Å²) in [5.74, 6) is 2.02. The van der Waals surface area contributed by atoms with Gasteiger partial charge in [-0.05, 0) is 89.0 Å². The number of hydrogen-bond donors (Lipinski definition) is 0. The van der Waals surface area contributed by atoms with Crippen LogP contribution in [0.2, 0.25) is 0 Å². The lowest BCUT2D eigenvalue weighted by Crippen LogP contribution is -2.34. The van der Waals surface area contributed by atoms with E-state index in [9.17, 15) is 0 Å². The molecule has 194 valence electrons. The molecule has 0 bridgehead atoms. The average Bonchev–Trinajstić information content (AvgIpc) is 2.83. The van der Waals surface area contributed by atoms with Crippen molar-refractivity contribution >= 4 is 0 Å². The van der Waals surface area contributed by atoms with Crippen LogP contribution in [0.25, 0.3) is 0 Å². The van der Waals surface area contributed by atoms with Crippen LogP contribution in [0, 0.1) is 27.7 Å². The van der Waals surface area contributed by atoms with Gasteiger partial charge in [0.2, 0.25) is 0 Å². The molecule has 3 rings (SSSR count). The van der Waals surface area contributed by atoms with E-state index in [0.717, 1.165) is 24.6 Å². The van der Waals surface area contributed by atoms with Gasteiger partial charge in [-0.15, -0.1) is 0 Å². The van der Waals surface area contributed by atoms with Crippen LogP contribution in [0.5, 0.6) is 11.5 Å². The lowest BCUT2D eigenvalue weighted by molar-refractivity contribution is 0.164. The van der Waals surface area contributed by atoms with Crippen molar-refractivity contribution in [3.63, 3.8) is 0 Å². The maximum Gasteiger partial charge on any atom is 0.125 e. The van der Waals surface area contributed by atoms with Crippen LogP contribution in [0.15, 0.2) is 60.7 Å². The highest BCUT2D eigenvalue weighted by Crippen LogP contribution is 2.24. The number of aryl methyl sites for hydroxylation is 4. The molecule has 0 aromatic heterocycles. The molecule has 0 radical (unpaired) electrons. The monoisotopic (exact) mass is 488 g/mol. The first-order chi connectivity index (χ1) is 17.2. The highest BCUT2D eigenvalue weighted by atomic mass is 16.5.